The second kappa shape index (κ2) is 11.8. The summed E-state index contributed by atoms with van der Waals surface area (Å²) in [5.74, 6) is 0. The summed E-state index contributed by atoms with van der Waals surface area (Å²) in [5, 5.41) is 7.30. The second-order valence-electron chi connectivity index (χ2n) is 14.4. The van der Waals surface area contributed by atoms with Crippen LogP contribution in [0.3, 0.4) is 0 Å². The van der Waals surface area contributed by atoms with Gasteiger partial charge >= 0.3 is 10.4 Å². The molecule has 31 heavy (non-hydrogen) atoms. The molecule has 0 aliphatic rings. The lowest BCUT2D eigenvalue weighted by molar-refractivity contribution is 0.198. The Morgan fingerprint density at radius 2 is 0.677 bits per heavy atom. The molecule has 0 amide bonds. The summed E-state index contributed by atoms with van der Waals surface area (Å²) in [4.78, 5) is 0. The summed E-state index contributed by atoms with van der Waals surface area (Å²) < 4.78 is 31.6. The van der Waals surface area contributed by atoms with Crippen LogP contribution in [-0.2, 0) is 10.4 Å². The molecule has 0 aliphatic heterocycles. The fraction of sp³-hybridized carbons (Fsp3) is 1.00. The van der Waals surface area contributed by atoms with E-state index >= 15 is 0 Å². The van der Waals surface area contributed by atoms with Crippen molar-refractivity contribution in [3.63, 3.8) is 0 Å². The van der Waals surface area contributed by atoms with Crippen LogP contribution in [0.5, 0.6) is 0 Å². The predicted octanol–water partition coefficient (Wildman–Crippen LogP) is 6.53. The average Bonchev–Trinajstić information content (AvgIpc) is 2.08. The third kappa shape index (κ3) is 40.6. The molecular weight excluding hydrogens is 412 g/mol. The van der Waals surface area contributed by atoms with Gasteiger partial charge in [0.15, 0.2) is 0 Å². The van der Waals surface area contributed by atoms with Crippen molar-refractivity contribution in [3.05, 3.63) is 0 Å². The molecule has 0 spiro atoms. The van der Waals surface area contributed by atoms with E-state index in [1.165, 1.54) is 12.8 Å². The van der Waals surface area contributed by atoms with Gasteiger partial charge in [-0.05, 0) is 92.9 Å². The predicted molar refractivity (Wildman–Crippen MR) is 136 cm³/mol. The highest BCUT2D eigenvalue weighted by Crippen LogP contribution is 2.29. The number of nitrogens with one attached hydrogen (secondary N) is 2. The van der Waals surface area contributed by atoms with Crippen LogP contribution in [0.2, 0.25) is 0 Å². The molecule has 0 aromatic heterocycles. The van der Waals surface area contributed by atoms with Crippen molar-refractivity contribution >= 4 is 10.4 Å². The number of rotatable bonds is 4. The van der Waals surface area contributed by atoms with Gasteiger partial charge in [0.05, 0.1) is 0 Å². The van der Waals surface area contributed by atoms with Crippen LogP contribution in [0.4, 0.5) is 0 Å². The Morgan fingerprint density at radius 3 is 0.774 bits per heavy atom. The average molecular weight is 469 g/mol. The summed E-state index contributed by atoms with van der Waals surface area (Å²) in [6.07, 6.45) is 2.38. The van der Waals surface area contributed by atoms with Crippen LogP contribution >= 0.6 is 0 Å². The molecular formula is C24H56N2O4S. The van der Waals surface area contributed by atoms with Gasteiger partial charge in [-0.3, -0.25) is 9.11 Å². The highest BCUT2D eigenvalue weighted by Gasteiger charge is 2.29. The zero-order valence-corrected chi connectivity index (χ0v) is 24.3. The molecule has 0 rings (SSSR count). The normalized spacial score (nSPS) is 14.3. The Bertz CT molecular complexity index is 513. The van der Waals surface area contributed by atoms with E-state index in [0.29, 0.717) is 10.8 Å². The first-order chi connectivity index (χ1) is 12.8. The van der Waals surface area contributed by atoms with Crippen LogP contribution < -0.4 is 10.6 Å². The fourth-order valence-corrected chi connectivity index (χ4v) is 4.77. The van der Waals surface area contributed by atoms with Gasteiger partial charge in [-0.2, -0.15) is 8.42 Å². The Kier molecular flexibility index (Phi) is 13.4. The third-order valence-electron chi connectivity index (χ3n) is 3.37. The monoisotopic (exact) mass is 468 g/mol. The summed E-state index contributed by atoms with van der Waals surface area (Å²) >= 11 is 0. The van der Waals surface area contributed by atoms with Gasteiger partial charge in [-0.25, -0.2) is 0 Å². The standard InChI is InChI=1S/2C12H27N.H2O4S/c2*1-10(2,3)9-12(7,8)13-11(4,5)6;1-5(2,3)4/h2*13H,9H2,1-8H3;(H2,1,2,3,4). The minimum Gasteiger partial charge on any atom is -0.307 e. The van der Waals surface area contributed by atoms with E-state index < -0.39 is 10.4 Å². The summed E-state index contributed by atoms with van der Waals surface area (Å²) in [5.41, 5.74) is 1.62. The molecule has 6 nitrogen and oxygen atoms in total. The van der Waals surface area contributed by atoms with Crippen LogP contribution in [0, 0.1) is 10.8 Å². The van der Waals surface area contributed by atoms with E-state index in [1.807, 2.05) is 0 Å². The van der Waals surface area contributed by atoms with E-state index in [0.717, 1.165) is 0 Å². The number of hydrogen-bond donors (Lipinski definition) is 4. The minimum atomic E-state index is -4.67. The van der Waals surface area contributed by atoms with Crippen LogP contribution in [0.15, 0.2) is 0 Å². The smallest absolute Gasteiger partial charge is 0.307 e. The molecule has 0 heterocycles. The van der Waals surface area contributed by atoms with E-state index in [2.05, 4.69) is 121 Å². The molecule has 7 heteroatoms. The third-order valence-corrected chi connectivity index (χ3v) is 3.37. The van der Waals surface area contributed by atoms with Crippen LogP contribution in [-0.4, -0.2) is 39.7 Å². The van der Waals surface area contributed by atoms with Gasteiger partial charge in [0, 0.05) is 22.2 Å². The molecule has 0 unspecified atom stereocenters. The molecule has 4 N–H and O–H groups in total. The maximum atomic E-state index is 8.74. The van der Waals surface area contributed by atoms with Gasteiger partial charge < -0.3 is 10.6 Å². The number of hydrogen-bond acceptors (Lipinski definition) is 4. The van der Waals surface area contributed by atoms with Gasteiger partial charge in [0.1, 0.15) is 0 Å². The fourth-order valence-electron chi connectivity index (χ4n) is 4.77. The SMILES string of the molecule is CC(C)(C)CC(C)(C)NC(C)(C)C.CC(C)(C)CC(C)(C)NC(C)(C)C.O=S(=O)(O)O. The zero-order chi connectivity index (χ0) is 26.3. The minimum absolute atomic E-state index is 0.203. The summed E-state index contributed by atoms with van der Waals surface area (Å²) in [6.45, 7) is 36.2. The van der Waals surface area contributed by atoms with E-state index in [9.17, 15) is 0 Å². The van der Waals surface area contributed by atoms with Gasteiger partial charge in [0.25, 0.3) is 0 Å². The van der Waals surface area contributed by atoms with Crippen molar-refractivity contribution in [2.24, 2.45) is 10.8 Å². The summed E-state index contributed by atoms with van der Waals surface area (Å²) in [7, 11) is -4.67. The Balaban J connectivity index is -0.000000416. The van der Waals surface area contributed by atoms with Gasteiger partial charge in [-0.1, -0.05) is 41.5 Å². The first-order valence-corrected chi connectivity index (χ1v) is 12.5. The van der Waals surface area contributed by atoms with Crippen LogP contribution in [0.1, 0.15) is 124 Å². The van der Waals surface area contributed by atoms with Crippen molar-refractivity contribution in [2.75, 3.05) is 0 Å². The highest BCUT2D eigenvalue weighted by molar-refractivity contribution is 7.79. The Morgan fingerprint density at radius 1 is 0.516 bits per heavy atom. The van der Waals surface area contributed by atoms with Crippen LogP contribution in [0.25, 0.3) is 0 Å². The largest absolute Gasteiger partial charge is 0.394 e. The quantitative estimate of drug-likeness (QED) is 0.350. The second-order valence-corrected chi connectivity index (χ2v) is 15.3. The summed E-state index contributed by atoms with van der Waals surface area (Å²) in [6, 6.07) is 0. The molecule has 0 fully saturated rings. The lowest BCUT2D eigenvalue weighted by Gasteiger charge is -2.39. The molecule has 0 aromatic carbocycles. The molecule has 0 aliphatic carbocycles. The first-order valence-electron chi connectivity index (χ1n) is 11.1. The maximum absolute atomic E-state index is 8.74. The van der Waals surface area contributed by atoms with E-state index in [-0.39, 0.29) is 22.2 Å². The lowest BCUT2D eigenvalue weighted by Crippen LogP contribution is -2.51. The first kappa shape index (κ1) is 35.4. The Labute approximate surface area is 195 Å². The van der Waals surface area contributed by atoms with Gasteiger partial charge in [0.2, 0.25) is 0 Å². The van der Waals surface area contributed by atoms with E-state index in [1.54, 1.807) is 0 Å². The van der Waals surface area contributed by atoms with Crippen molar-refractivity contribution in [1.29, 1.82) is 0 Å². The molecule has 192 valence electrons. The van der Waals surface area contributed by atoms with Crippen molar-refractivity contribution in [1.82, 2.24) is 10.6 Å². The molecule has 0 atom stereocenters. The van der Waals surface area contributed by atoms with Crippen molar-refractivity contribution in [3.8, 4) is 0 Å². The maximum Gasteiger partial charge on any atom is 0.394 e. The molecule has 0 saturated heterocycles. The topological polar surface area (TPSA) is 98.7 Å². The zero-order valence-electron chi connectivity index (χ0n) is 23.5. The highest BCUT2D eigenvalue weighted by atomic mass is 32.3. The molecule has 0 aromatic rings. The van der Waals surface area contributed by atoms with Gasteiger partial charge in [-0.15, -0.1) is 0 Å². The molecule has 0 saturated carbocycles. The van der Waals surface area contributed by atoms with Crippen molar-refractivity contribution < 1.29 is 17.5 Å². The van der Waals surface area contributed by atoms with E-state index in [4.69, 9.17) is 17.5 Å². The van der Waals surface area contributed by atoms with Crippen molar-refractivity contribution in [2.45, 2.75) is 146 Å². The molecule has 0 radical (unpaired) electrons. The Hall–Kier alpha value is -0.210. The lowest BCUT2D eigenvalue weighted by atomic mass is 9.80. The molecule has 0 bridgehead atoms.